The van der Waals surface area contributed by atoms with Crippen LogP contribution in [0.15, 0.2) is 52.2 Å². The number of rotatable bonds is 4. The van der Waals surface area contributed by atoms with Gasteiger partial charge in [0.15, 0.2) is 0 Å². The van der Waals surface area contributed by atoms with Crippen molar-refractivity contribution in [1.29, 1.82) is 0 Å². The average Bonchev–Trinajstić information content (AvgIpc) is 3.08. The Labute approximate surface area is 192 Å². The molecular weight excluding hydrogens is 451 g/mol. The maximum Gasteiger partial charge on any atom is 0.417 e. The Hall–Kier alpha value is -3.63. The average molecular weight is 475 g/mol. The molecule has 0 saturated carbocycles. The second-order valence-corrected chi connectivity index (χ2v) is 8.06. The van der Waals surface area contributed by atoms with Crippen molar-refractivity contribution in [1.82, 2.24) is 19.0 Å². The lowest BCUT2D eigenvalue weighted by Gasteiger charge is -2.23. The molecular formula is C23H24F3N5O3. The molecule has 2 aromatic heterocycles. The summed E-state index contributed by atoms with van der Waals surface area (Å²) in [7, 11) is 0. The predicted molar refractivity (Wildman–Crippen MR) is 121 cm³/mol. The molecule has 11 heteroatoms. The fourth-order valence-corrected chi connectivity index (χ4v) is 4.17. The molecule has 0 N–H and O–H groups in total. The second-order valence-electron chi connectivity index (χ2n) is 8.06. The maximum atomic E-state index is 13.1. The number of halogens is 3. The lowest BCUT2D eigenvalue weighted by atomic mass is 10.2. The molecule has 1 fully saturated rings. The minimum atomic E-state index is -4.45. The van der Waals surface area contributed by atoms with Crippen LogP contribution in [0.4, 0.5) is 19.0 Å². The van der Waals surface area contributed by atoms with Gasteiger partial charge in [0, 0.05) is 38.9 Å². The number of hydrogen-bond acceptors (Lipinski definition) is 5. The van der Waals surface area contributed by atoms with Crippen LogP contribution in [-0.4, -0.2) is 51.1 Å². The molecule has 180 valence electrons. The van der Waals surface area contributed by atoms with Gasteiger partial charge in [0.1, 0.15) is 12.4 Å². The molecule has 0 aliphatic carbocycles. The number of hydrogen-bond donors (Lipinski definition) is 0. The number of fused-ring (bicyclic) bond motifs is 1. The summed E-state index contributed by atoms with van der Waals surface area (Å²) in [5.41, 5.74) is -1.33. The number of benzene rings is 1. The lowest BCUT2D eigenvalue weighted by molar-refractivity contribution is -0.137. The van der Waals surface area contributed by atoms with Gasteiger partial charge in [-0.25, -0.2) is 9.78 Å². The largest absolute Gasteiger partial charge is 0.417 e. The monoisotopic (exact) mass is 475 g/mol. The Morgan fingerprint density at radius 3 is 2.44 bits per heavy atom. The van der Waals surface area contributed by atoms with Crippen molar-refractivity contribution in [2.75, 3.05) is 31.1 Å². The number of amides is 1. The zero-order chi connectivity index (χ0) is 24.5. The van der Waals surface area contributed by atoms with E-state index in [0.717, 1.165) is 16.8 Å². The highest BCUT2D eigenvalue weighted by Crippen LogP contribution is 2.29. The van der Waals surface area contributed by atoms with Crippen LogP contribution in [0.2, 0.25) is 0 Å². The molecule has 0 bridgehead atoms. The first-order valence-electron chi connectivity index (χ1n) is 11.0. The van der Waals surface area contributed by atoms with Gasteiger partial charge in [0.25, 0.3) is 5.56 Å². The van der Waals surface area contributed by atoms with Gasteiger partial charge in [-0.3, -0.25) is 18.7 Å². The highest BCUT2D eigenvalue weighted by molar-refractivity contribution is 5.81. The number of alkyl halides is 3. The molecule has 34 heavy (non-hydrogen) atoms. The lowest BCUT2D eigenvalue weighted by Crippen LogP contribution is -2.44. The molecule has 8 nitrogen and oxygen atoms in total. The molecule has 3 heterocycles. The predicted octanol–water partition coefficient (Wildman–Crippen LogP) is 2.34. The molecule has 0 atom stereocenters. The minimum absolute atomic E-state index is 0.190. The molecule has 0 radical (unpaired) electrons. The van der Waals surface area contributed by atoms with Crippen LogP contribution in [0, 0.1) is 0 Å². The maximum absolute atomic E-state index is 13.1. The quantitative estimate of drug-likeness (QED) is 0.579. The summed E-state index contributed by atoms with van der Waals surface area (Å²) in [6, 6.07) is 9.02. The highest BCUT2D eigenvalue weighted by atomic mass is 19.4. The first kappa shape index (κ1) is 23.5. The van der Waals surface area contributed by atoms with Gasteiger partial charge in [-0.1, -0.05) is 12.1 Å². The van der Waals surface area contributed by atoms with E-state index in [1.54, 1.807) is 36.1 Å². The van der Waals surface area contributed by atoms with Crippen LogP contribution < -0.4 is 16.1 Å². The summed E-state index contributed by atoms with van der Waals surface area (Å²) in [6.45, 7) is 3.38. The Bertz CT molecular complexity index is 1310. The Kier molecular flexibility index (Phi) is 6.45. The number of pyridine rings is 1. The fourth-order valence-electron chi connectivity index (χ4n) is 4.17. The molecule has 1 aliphatic rings. The summed E-state index contributed by atoms with van der Waals surface area (Å²) in [5, 5.41) is 0.368. The summed E-state index contributed by atoms with van der Waals surface area (Å²) >= 11 is 0. The zero-order valence-electron chi connectivity index (χ0n) is 18.6. The summed E-state index contributed by atoms with van der Waals surface area (Å²) in [5.74, 6) is 0.148. The summed E-state index contributed by atoms with van der Waals surface area (Å²) in [4.78, 5) is 46.0. The van der Waals surface area contributed by atoms with E-state index in [1.165, 1.54) is 10.6 Å². The zero-order valence-corrected chi connectivity index (χ0v) is 18.6. The van der Waals surface area contributed by atoms with Gasteiger partial charge >= 0.3 is 11.9 Å². The Morgan fingerprint density at radius 2 is 1.76 bits per heavy atom. The van der Waals surface area contributed by atoms with Gasteiger partial charge in [-0.05, 0) is 37.6 Å². The van der Waals surface area contributed by atoms with Crippen molar-refractivity contribution < 1.29 is 18.0 Å². The van der Waals surface area contributed by atoms with Crippen LogP contribution >= 0.6 is 0 Å². The van der Waals surface area contributed by atoms with Crippen LogP contribution in [0.5, 0.6) is 0 Å². The van der Waals surface area contributed by atoms with Crippen LogP contribution in [-0.2, 0) is 24.1 Å². The van der Waals surface area contributed by atoms with E-state index in [2.05, 4.69) is 4.98 Å². The van der Waals surface area contributed by atoms with Crippen molar-refractivity contribution >= 4 is 22.6 Å². The van der Waals surface area contributed by atoms with Crippen molar-refractivity contribution in [2.24, 2.45) is 0 Å². The third-order valence-corrected chi connectivity index (χ3v) is 5.99. The molecule has 1 aromatic carbocycles. The van der Waals surface area contributed by atoms with Crippen LogP contribution in [0.1, 0.15) is 18.9 Å². The van der Waals surface area contributed by atoms with E-state index in [4.69, 9.17) is 0 Å². The van der Waals surface area contributed by atoms with E-state index in [1.807, 2.05) is 4.90 Å². The van der Waals surface area contributed by atoms with Crippen LogP contribution in [0.3, 0.4) is 0 Å². The highest BCUT2D eigenvalue weighted by Gasteiger charge is 2.31. The summed E-state index contributed by atoms with van der Waals surface area (Å²) in [6.07, 6.45) is -3.04. The van der Waals surface area contributed by atoms with E-state index >= 15 is 0 Å². The van der Waals surface area contributed by atoms with E-state index in [-0.39, 0.29) is 24.6 Å². The van der Waals surface area contributed by atoms with Gasteiger partial charge in [0.2, 0.25) is 5.91 Å². The molecule has 1 saturated heterocycles. The normalized spacial score (nSPS) is 14.9. The topological polar surface area (TPSA) is 80.4 Å². The number of carbonyl (C=O) groups excluding carboxylic acids is 1. The molecule has 0 unspecified atom stereocenters. The first-order valence-corrected chi connectivity index (χ1v) is 11.0. The van der Waals surface area contributed by atoms with Crippen molar-refractivity contribution in [3.8, 4) is 0 Å². The smallest absolute Gasteiger partial charge is 0.355 e. The fraction of sp³-hybridized carbons (Fsp3) is 0.391. The molecule has 1 aliphatic heterocycles. The molecule has 0 spiro atoms. The molecule has 3 aromatic rings. The third-order valence-electron chi connectivity index (χ3n) is 5.99. The SMILES string of the molecule is CCn1c(=O)c2ccccc2n(CC(=O)N2CCCN(c3ccc(C(F)(F)F)cn3)CC2)c1=O. The second kappa shape index (κ2) is 9.32. The van der Waals surface area contributed by atoms with Crippen molar-refractivity contribution in [3.05, 3.63) is 69.0 Å². The van der Waals surface area contributed by atoms with Gasteiger partial charge in [-0.15, -0.1) is 0 Å². The van der Waals surface area contributed by atoms with Crippen LogP contribution in [0.25, 0.3) is 10.9 Å². The first-order chi connectivity index (χ1) is 16.2. The third kappa shape index (κ3) is 4.55. The number of carbonyl (C=O) groups is 1. The van der Waals surface area contributed by atoms with E-state index < -0.39 is 17.4 Å². The van der Waals surface area contributed by atoms with E-state index in [9.17, 15) is 27.6 Å². The number of para-hydroxylation sites is 1. The number of anilines is 1. The molecule has 4 rings (SSSR count). The van der Waals surface area contributed by atoms with Gasteiger partial charge in [0.05, 0.1) is 16.5 Å². The minimum Gasteiger partial charge on any atom is -0.355 e. The van der Waals surface area contributed by atoms with Gasteiger partial charge < -0.3 is 9.80 Å². The van der Waals surface area contributed by atoms with E-state index in [0.29, 0.717) is 49.3 Å². The summed E-state index contributed by atoms with van der Waals surface area (Å²) < 4.78 is 40.8. The molecule has 1 amide bonds. The van der Waals surface area contributed by atoms with Gasteiger partial charge in [-0.2, -0.15) is 13.2 Å². The standard InChI is InChI=1S/C23H24F3N5O3/c1-2-30-21(33)17-6-3-4-7-18(17)31(22(30)34)15-20(32)29-11-5-10-28(12-13-29)19-9-8-16(14-27-19)23(24,25)26/h3-4,6-9,14H,2,5,10-13,15H2,1H3. The van der Waals surface area contributed by atoms with Crippen molar-refractivity contribution in [2.45, 2.75) is 32.6 Å². The number of nitrogens with zero attached hydrogens (tertiary/aromatic N) is 5. The Morgan fingerprint density at radius 1 is 1.00 bits per heavy atom. The Balaban J connectivity index is 1.52. The number of aromatic nitrogens is 3. The van der Waals surface area contributed by atoms with Crippen molar-refractivity contribution in [3.63, 3.8) is 0 Å².